The van der Waals surface area contributed by atoms with E-state index in [1.807, 2.05) is 0 Å². The van der Waals surface area contributed by atoms with Gasteiger partial charge in [0, 0.05) is 19.2 Å². The summed E-state index contributed by atoms with van der Waals surface area (Å²) in [7, 11) is -6.40. The molecule has 0 amide bonds. The van der Waals surface area contributed by atoms with Gasteiger partial charge in [0.1, 0.15) is 5.75 Å². The maximum absolute atomic E-state index is 13.1. The summed E-state index contributed by atoms with van der Waals surface area (Å²) in [5, 5.41) is 0. The molecule has 0 radical (unpaired) electrons. The number of hydrogen-bond acceptors (Lipinski definition) is 7. The van der Waals surface area contributed by atoms with Crippen molar-refractivity contribution in [3.05, 3.63) is 36.4 Å². The maximum atomic E-state index is 13.1. The number of sulfonamides is 2. The average molecular weight is 469 g/mol. The molecule has 0 atom stereocenters. The summed E-state index contributed by atoms with van der Waals surface area (Å²) < 4.78 is 71.8. The molecule has 1 saturated heterocycles. The molecule has 0 saturated carbocycles. The van der Waals surface area contributed by atoms with Gasteiger partial charge in [-0.1, -0.05) is 12.8 Å². The quantitative estimate of drug-likeness (QED) is 0.694. The van der Waals surface area contributed by atoms with Crippen molar-refractivity contribution in [3.63, 3.8) is 0 Å². The van der Waals surface area contributed by atoms with Gasteiger partial charge >= 0.3 is 0 Å². The van der Waals surface area contributed by atoms with E-state index < -0.39 is 20.0 Å². The third-order valence-corrected chi connectivity index (χ3v) is 8.53. The van der Waals surface area contributed by atoms with Crippen molar-refractivity contribution in [1.29, 1.82) is 0 Å². The summed E-state index contributed by atoms with van der Waals surface area (Å²) in [6, 6.07) is 8.42. The van der Waals surface area contributed by atoms with Gasteiger partial charge in [-0.3, -0.25) is 4.72 Å². The fourth-order valence-corrected chi connectivity index (χ4v) is 6.23. The predicted molar refractivity (Wildman–Crippen MR) is 114 cm³/mol. The first-order chi connectivity index (χ1) is 14.8. The molecule has 0 unspecified atom stereocenters. The van der Waals surface area contributed by atoms with E-state index in [4.69, 9.17) is 14.2 Å². The molecule has 2 heterocycles. The minimum absolute atomic E-state index is 0.0126. The second kappa shape index (κ2) is 8.56. The van der Waals surface area contributed by atoms with E-state index in [1.165, 1.54) is 47.8 Å². The number of methoxy groups -OCH3 is 1. The lowest BCUT2D eigenvalue weighted by atomic mass is 10.2. The highest BCUT2D eigenvalue weighted by Gasteiger charge is 2.27. The van der Waals surface area contributed by atoms with Crippen LogP contribution in [0.4, 0.5) is 5.69 Å². The monoisotopic (exact) mass is 468 g/mol. The second-order valence-corrected chi connectivity index (χ2v) is 10.9. The minimum atomic E-state index is -4.03. The van der Waals surface area contributed by atoms with Gasteiger partial charge in [0.25, 0.3) is 10.0 Å². The summed E-state index contributed by atoms with van der Waals surface area (Å²) in [4.78, 5) is -0.0295. The fraction of sp³-hybridized carbons (Fsp3) is 0.400. The van der Waals surface area contributed by atoms with Crippen LogP contribution in [0.15, 0.2) is 46.2 Å². The standard InChI is InChI=1S/C20H24N2O7S2/c1-27-18-8-7-16(31(25,26)22-10-4-2-3-5-11-22)12-17(18)21-30(23,24)15-6-9-19-20(13-15)29-14-28-19/h6-9,12-13,21H,2-5,10-11,14H2,1H3. The smallest absolute Gasteiger partial charge is 0.262 e. The Morgan fingerprint density at radius 1 is 0.871 bits per heavy atom. The molecular formula is C20H24N2O7S2. The minimum Gasteiger partial charge on any atom is -0.495 e. The van der Waals surface area contributed by atoms with Crippen molar-refractivity contribution in [1.82, 2.24) is 4.31 Å². The van der Waals surface area contributed by atoms with E-state index in [2.05, 4.69) is 4.72 Å². The predicted octanol–water partition coefficient (Wildman–Crippen LogP) is 2.79. The van der Waals surface area contributed by atoms with Gasteiger partial charge in [0.05, 0.1) is 22.6 Å². The highest BCUT2D eigenvalue weighted by molar-refractivity contribution is 7.92. The number of hydrogen-bond donors (Lipinski definition) is 1. The number of rotatable bonds is 6. The molecule has 1 N–H and O–H groups in total. The van der Waals surface area contributed by atoms with Crippen LogP contribution in [-0.2, 0) is 20.0 Å². The molecule has 0 spiro atoms. The largest absolute Gasteiger partial charge is 0.495 e. The van der Waals surface area contributed by atoms with Crippen molar-refractivity contribution < 1.29 is 31.0 Å². The van der Waals surface area contributed by atoms with Crippen LogP contribution in [0.3, 0.4) is 0 Å². The van der Waals surface area contributed by atoms with Gasteiger partial charge in [-0.05, 0) is 43.2 Å². The zero-order valence-corrected chi connectivity index (χ0v) is 18.7. The van der Waals surface area contributed by atoms with Gasteiger partial charge in [-0.25, -0.2) is 16.8 Å². The van der Waals surface area contributed by atoms with E-state index in [-0.39, 0.29) is 28.0 Å². The molecule has 31 heavy (non-hydrogen) atoms. The summed E-state index contributed by atoms with van der Waals surface area (Å²) >= 11 is 0. The topological polar surface area (TPSA) is 111 Å². The molecule has 9 nitrogen and oxygen atoms in total. The molecule has 1 fully saturated rings. The molecule has 2 aliphatic heterocycles. The summed E-state index contributed by atoms with van der Waals surface area (Å²) in [5.74, 6) is 0.994. The van der Waals surface area contributed by atoms with E-state index in [0.717, 1.165) is 25.7 Å². The lowest BCUT2D eigenvalue weighted by Gasteiger charge is -2.21. The fourth-order valence-electron chi connectivity index (χ4n) is 3.61. The first kappa shape index (κ1) is 21.7. The van der Waals surface area contributed by atoms with Gasteiger partial charge in [-0.15, -0.1) is 0 Å². The van der Waals surface area contributed by atoms with Crippen molar-refractivity contribution in [2.24, 2.45) is 0 Å². The molecule has 2 aromatic rings. The molecule has 0 bridgehead atoms. The number of nitrogens with zero attached hydrogens (tertiary/aromatic N) is 1. The van der Waals surface area contributed by atoms with Crippen molar-refractivity contribution in [3.8, 4) is 17.2 Å². The molecule has 4 rings (SSSR count). The average Bonchev–Trinajstić information content (AvgIpc) is 3.04. The third-order valence-electron chi connectivity index (χ3n) is 5.27. The molecular weight excluding hydrogens is 444 g/mol. The number of fused-ring (bicyclic) bond motifs is 1. The van der Waals surface area contributed by atoms with Crippen molar-refractivity contribution in [2.75, 3.05) is 31.7 Å². The zero-order valence-electron chi connectivity index (χ0n) is 17.0. The van der Waals surface area contributed by atoms with Crippen LogP contribution in [0.1, 0.15) is 25.7 Å². The van der Waals surface area contributed by atoms with Crippen molar-refractivity contribution >= 4 is 25.7 Å². The Kier molecular flexibility index (Phi) is 6.00. The molecule has 2 aliphatic rings. The molecule has 11 heteroatoms. The van der Waals surface area contributed by atoms with Crippen LogP contribution < -0.4 is 18.9 Å². The summed E-state index contributed by atoms with van der Waals surface area (Å²) in [5.41, 5.74) is 0.0380. The Morgan fingerprint density at radius 3 is 2.26 bits per heavy atom. The van der Waals surface area contributed by atoms with Crippen LogP contribution in [0.2, 0.25) is 0 Å². The maximum Gasteiger partial charge on any atom is 0.262 e. The number of benzene rings is 2. The lowest BCUT2D eigenvalue weighted by Crippen LogP contribution is -2.32. The van der Waals surface area contributed by atoms with Gasteiger partial charge in [0.15, 0.2) is 11.5 Å². The summed E-state index contributed by atoms with van der Waals surface area (Å²) in [6.07, 6.45) is 3.60. The first-order valence-electron chi connectivity index (χ1n) is 9.92. The lowest BCUT2D eigenvalue weighted by molar-refractivity contribution is 0.174. The van der Waals surface area contributed by atoms with Gasteiger partial charge in [0.2, 0.25) is 16.8 Å². The van der Waals surface area contributed by atoms with Gasteiger partial charge < -0.3 is 14.2 Å². The molecule has 168 valence electrons. The normalized spacial score (nSPS) is 17.2. The van der Waals surface area contributed by atoms with Gasteiger partial charge in [-0.2, -0.15) is 4.31 Å². The van der Waals surface area contributed by atoms with E-state index in [1.54, 1.807) is 0 Å². The highest BCUT2D eigenvalue weighted by atomic mass is 32.2. The van der Waals surface area contributed by atoms with Crippen LogP contribution in [0.5, 0.6) is 17.2 Å². The van der Waals surface area contributed by atoms with E-state index in [9.17, 15) is 16.8 Å². The van der Waals surface area contributed by atoms with Crippen LogP contribution in [0.25, 0.3) is 0 Å². The van der Waals surface area contributed by atoms with Crippen LogP contribution >= 0.6 is 0 Å². The summed E-state index contributed by atoms with van der Waals surface area (Å²) in [6.45, 7) is 0.926. The van der Waals surface area contributed by atoms with Crippen LogP contribution in [0, 0.1) is 0 Å². The van der Waals surface area contributed by atoms with E-state index >= 15 is 0 Å². The van der Waals surface area contributed by atoms with E-state index in [0.29, 0.717) is 24.6 Å². The molecule has 0 aromatic heterocycles. The molecule has 0 aliphatic carbocycles. The Hall–Kier alpha value is -2.50. The van der Waals surface area contributed by atoms with Crippen LogP contribution in [-0.4, -0.2) is 48.1 Å². The number of nitrogens with one attached hydrogen (secondary N) is 1. The SMILES string of the molecule is COc1ccc(S(=O)(=O)N2CCCCCC2)cc1NS(=O)(=O)c1ccc2c(c1)OCO2. The Morgan fingerprint density at radius 2 is 1.55 bits per heavy atom. The molecule has 2 aromatic carbocycles. The highest BCUT2D eigenvalue weighted by Crippen LogP contribution is 2.36. The zero-order chi connectivity index (χ0) is 22.1. The first-order valence-corrected chi connectivity index (χ1v) is 12.8. The number of ether oxygens (including phenoxy) is 3. The third kappa shape index (κ3) is 4.43. The second-order valence-electron chi connectivity index (χ2n) is 7.30. The Labute approximate surface area is 182 Å². The Bertz CT molecular complexity index is 1170. The van der Waals surface area contributed by atoms with Crippen molar-refractivity contribution in [2.45, 2.75) is 35.5 Å². The Balaban J connectivity index is 1.66. The number of anilines is 1.